The fourth-order valence-corrected chi connectivity index (χ4v) is 5.45. The van der Waals surface area contributed by atoms with Gasteiger partial charge in [0.1, 0.15) is 12.3 Å². The fourth-order valence-electron chi connectivity index (χ4n) is 4.00. The van der Waals surface area contributed by atoms with Crippen molar-refractivity contribution < 1.29 is 17.9 Å². The van der Waals surface area contributed by atoms with E-state index >= 15 is 0 Å². The number of ether oxygens (including phenoxy) is 1. The van der Waals surface area contributed by atoms with Gasteiger partial charge in [0.05, 0.1) is 23.7 Å². The van der Waals surface area contributed by atoms with Gasteiger partial charge in [-0.3, -0.25) is 9.10 Å². The first-order chi connectivity index (χ1) is 17.4. The van der Waals surface area contributed by atoms with E-state index in [9.17, 15) is 13.2 Å². The zero-order valence-electron chi connectivity index (χ0n) is 20.2. The molecular formula is C29H28N2O4S. The number of carbonyl (C=O) groups is 1. The molecular weight excluding hydrogens is 472 g/mol. The van der Waals surface area contributed by atoms with Crippen molar-refractivity contribution in [2.45, 2.75) is 17.9 Å². The highest BCUT2D eigenvalue weighted by atomic mass is 32.2. The highest BCUT2D eigenvalue weighted by Crippen LogP contribution is 2.33. The highest BCUT2D eigenvalue weighted by Gasteiger charge is 2.30. The molecule has 1 N–H and O–H groups in total. The van der Waals surface area contributed by atoms with Gasteiger partial charge >= 0.3 is 0 Å². The van der Waals surface area contributed by atoms with Crippen LogP contribution in [-0.4, -0.2) is 28.0 Å². The minimum Gasteiger partial charge on any atom is -0.495 e. The summed E-state index contributed by atoms with van der Waals surface area (Å²) >= 11 is 0. The number of amides is 1. The summed E-state index contributed by atoms with van der Waals surface area (Å²) in [7, 11) is -2.60. The first-order valence-electron chi connectivity index (χ1n) is 11.5. The van der Waals surface area contributed by atoms with E-state index in [4.69, 9.17) is 4.74 Å². The predicted octanol–water partition coefficient (Wildman–Crippen LogP) is 5.10. The number of benzene rings is 4. The van der Waals surface area contributed by atoms with Crippen LogP contribution in [0.25, 0.3) is 0 Å². The maximum absolute atomic E-state index is 13.8. The Morgan fingerprint density at radius 2 is 1.36 bits per heavy atom. The van der Waals surface area contributed by atoms with Gasteiger partial charge in [-0.05, 0) is 47.9 Å². The number of methoxy groups -OCH3 is 1. The molecule has 0 spiro atoms. The molecule has 4 rings (SSSR count). The van der Waals surface area contributed by atoms with Crippen molar-refractivity contribution in [1.29, 1.82) is 0 Å². The number of hydrogen-bond donors (Lipinski definition) is 1. The van der Waals surface area contributed by atoms with Crippen LogP contribution in [-0.2, 0) is 14.8 Å². The average Bonchev–Trinajstić information content (AvgIpc) is 2.91. The number of rotatable bonds is 9. The molecule has 1 amide bonds. The van der Waals surface area contributed by atoms with Crippen molar-refractivity contribution in [3.63, 3.8) is 0 Å². The second-order valence-electron chi connectivity index (χ2n) is 8.32. The summed E-state index contributed by atoms with van der Waals surface area (Å²) in [5.41, 5.74) is 2.92. The molecule has 0 radical (unpaired) electrons. The van der Waals surface area contributed by atoms with Gasteiger partial charge in [-0.25, -0.2) is 8.42 Å². The Morgan fingerprint density at radius 3 is 1.89 bits per heavy atom. The number of nitrogens with zero attached hydrogens (tertiary/aromatic N) is 1. The largest absolute Gasteiger partial charge is 0.495 e. The Balaban J connectivity index is 1.73. The monoisotopic (exact) mass is 500 g/mol. The second-order valence-corrected chi connectivity index (χ2v) is 10.2. The van der Waals surface area contributed by atoms with Crippen molar-refractivity contribution in [2.24, 2.45) is 0 Å². The second kappa shape index (κ2) is 11.1. The molecule has 0 aliphatic heterocycles. The standard InChI is InChI=1S/C29H28N2O4S/c1-22-18-19-27(35-2)26(20-22)31(36(33,34)25-16-10-5-11-17-25)21-28(32)30-29(23-12-6-3-7-13-23)24-14-8-4-9-15-24/h3-20,29H,21H2,1-2H3,(H,30,32). The molecule has 4 aromatic carbocycles. The van der Waals surface area contributed by atoms with Crippen LogP contribution in [0.15, 0.2) is 114 Å². The number of sulfonamides is 1. The summed E-state index contributed by atoms with van der Waals surface area (Å²) in [5.74, 6) is -0.0913. The summed E-state index contributed by atoms with van der Waals surface area (Å²) in [5, 5.41) is 3.04. The highest BCUT2D eigenvalue weighted by molar-refractivity contribution is 7.92. The topological polar surface area (TPSA) is 75.7 Å². The van der Waals surface area contributed by atoms with E-state index in [2.05, 4.69) is 5.32 Å². The van der Waals surface area contributed by atoms with Gasteiger partial charge in [0.15, 0.2) is 0 Å². The van der Waals surface area contributed by atoms with E-state index in [1.54, 1.807) is 30.3 Å². The molecule has 0 aliphatic carbocycles. The van der Waals surface area contributed by atoms with Gasteiger partial charge in [0.2, 0.25) is 5.91 Å². The zero-order valence-corrected chi connectivity index (χ0v) is 21.0. The molecule has 6 nitrogen and oxygen atoms in total. The maximum Gasteiger partial charge on any atom is 0.264 e. The lowest BCUT2D eigenvalue weighted by molar-refractivity contribution is -0.120. The van der Waals surface area contributed by atoms with Crippen molar-refractivity contribution in [1.82, 2.24) is 5.32 Å². The van der Waals surface area contributed by atoms with Crippen LogP contribution in [0, 0.1) is 6.92 Å². The van der Waals surface area contributed by atoms with E-state index in [1.165, 1.54) is 19.2 Å². The first kappa shape index (κ1) is 25.0. The predicted molar refractivity (Wildman–Crippen MR) is 142 cm³/mol. The number of aryl methyl sites for hydroxylation is 1. The lowest BCUT2D eigenvalue weighted by Crippen LogP contribution is -2.42. The Morgan fingerprint density at radius 1 is 0.833 bits per heavy atom. The third-order valence-corrected chi connectivity index (χ3v) is 7.57. The molecule has 0 saturated carbocycles. The molecule has 0 fully saturated rings. The van der Waals surface area contributed by atoms with Gasteiger partial charge in [0.25, 0.3) is 10.0 Å². The molecule has 184 valence electrons. The van der Waals surface area contributed by atoms with Crippen LogP contribution in [0.3, 0.4) is 0 Å². The van der Waals surface area contributed by atoms with Crippen LogP contribution in [0.1, 0.15) is 22.7 Å². The first-order valence-corrected chi connectivity index (χ1v) is 13.0. The quantitative estimate of drug-likeness (QED) is 0.347. The molecule has 4 aromatic rings. The third kappa shape index (κ3) is 5.58. The van der Waals surface area contributed by atoms with Crippen LogP contribution >= 0.6 is 0 Å². The molecule has 36 heavy (non-hydrogen) atoms. The van der Waals surface area contributed by atoms with Crippen LogP contribution in [0.4, 0.5) is 5.69 Å². The van der Waals surface area contributed by atoms with E-state index in [-0.39, 0.29) is 4.90 Å². The summed E-state index contributed by atoms with van der Waals surface area (Å²) in [4.78, 5) is 13.6. The number of hydrogen-bond acceptors (Lipinski definition) is 4. The van der Waals surface area contributed by atoms with Gasteiger partial charge in [0, 0.05) is 0 Å². The Hall–Kier alpha value is -4.10. The zero-order chi connectivity index (χ0) is 25.5. The summed E-state index contributed by atoms with van der Waals surface area (Å²) in [6, 6.07) is 32.0. The molecule has 0 heterocycles. The van der Waals surface area contributed by atoms with Crippen molar-refractivity contribution in [3.05, 3.63) is 126 Å². The summed E-state index contributed by atoms with van der Waals surface area (Å²) < 4.78 is 34.1. The minimum atomic E-state index is -4.07. The molecule has 0 atom stereocenters. The average molecular weight is 501 g/mol. The maximum atomic E-state index is 13.8. The van der Waals surface area contributed by atoms with Crippen molar-refractivity contribution in [2.75, 3.05) is 18.0 Å². The van der Waals surface area contributed by atoms with Crippen LogP contribution in [0.2, 0.25) is 0 Å². The molecule has 7 heteroatoms. The number of carbonyl (C=O) groups excluding carboxylic acids is 1. The summed E-state index contributed by atoms with van der Waals surface area (Å²) in [6.07, 6.45) is 0. The molecule has 0 unspecified atom stereocenters. The molecule has 0 aromatic heterocycles. The minimum absolute atomic E-state index is 0.0871. The SMILES string of the molecule is COc1ccc(C)cc1N(CC(=O)NC(c1ccccc1)c1ccccc1)S(=O)(=O)c1ccccc1. The van der Waals surface area contributed by atoms with E-state index in [0.717, 1.165) is 21.0 Å². The van der Waals surface area contributed by atoms with Crippen LogP contribution in [0.5, 0.6) is 5.75 Å². The fraction of sp³-hybridized carbons (Fsp3) is 0.138. The number of anilines is 1. The Kier molecular flexibility index (Phi) is 7.71. The van der Waals surface area contributed by atoms with Crippen molar-refractivity contribution in [3.8, 4) is 5.75 Å². The van der Waals surface area contributed by atoms with Gasteiger partial charge in [-0.15, -0.1) is 0 Å². The summed E-state index contributed by atoms with van der Waals surface area (Å²) in [6.45, 7) is 1.43. The van der Waals surface area contributed by atoms with E-state index in [1.807, 2.05) is 73.7 Å². The lowest BCUT2D eigenvalue weighted by Gasteiger charge is -2.27. The lowest BCUT2D eigenvalue weighted by atomic mass is 9.99. The Bertz CT molecular complexity index is 1370. The smallest absolute Gasteiger partial charge is 0.264 e. The molecule has 0 aliphatic rings. The number of nitrogens with one attached hydrogen (secondary N) is 1. The molecule has 0 bridgehead atoms. The Labute approximate surface area is 212 Å². The normalized spacial score (nSPS) is 11.2. The van der Waals surface area contributed by atoms with Crippen molar-refractivity contribution >= 4 is 21.6 Å². The van der Waals surface area contributed by atoms with E-state index in [0.29, 0.717) is 11.4 Å². The van der Waals surface area contributed by atoms with Gasteiger partial charge in [-0.1, -0.05) is 84.9 Å². The van der Waals surface area contributed by atoms with Gasteiger partial charge < -0.3 is 10.1 Å². The third-order valence-electron chi connectivity index (χ3n) is 5.79. The van der Waals surface area contributed by atoms with Crippen LogP contribution < -0.4 is 14.4 Å². The molecule has 0 saturated heterocycles. The van der Waals surface area contributed by atoms with E-state index < -0.39 is 28.5 Å². The van der Waals surface area contributed by atoms with Gasteiger partial charge in [-0.2, -0.15) is 0 Å².